The second-order valence-corrected chi connectivity index (χ2v) is 7.93. The highest BCUT2D eigenvalue weighted by molar-refractivity contribution is 7.93. The molecule has 0 radical (unpaired) electrons. The number of rotatable bonds is 7. The van der Waals surface area contributed by atoms with Crippen molar-refractivity contribution in [1.29, 1.82) is 0 Å². The van der Waals surface area contributed by atoms with E-state index in [0.717, 1.165) is 11.3 Å². The van der Waals surface area contributed by atoms with Crippen LogP contribution in [0.2, 0.25) is 0 Å². The van der Waals surface area contributed by atoms with Gasteiger partial charge in [0.05, 0.1) is 5.25 Å². The number of carbonyl (C=O) groups is 1. The first kappa shape index (κ1) is 17.8. The molecule has 6 nitrogen and oxygen atoms in total. The first-order valence-electron chi connectivity index (χ1n) is 7.52. The van der Waals surface area contributed by atoms with E-state index < -0.39 is 21.2 Å². The number of carbonyl (C=O) groups excluding carboxylic acids is 1. The summed E-state index contributed by atoms with van der Waals surface area (Å²) in [6.45, 7) is 3.79. The highest BCUT2D eigenvalue weighted by atomic mass is 32.2. The van der Waals surface area contributed by atoms with Crippen LogP contribution in [0.3, 0.4) is 0 Å². The molecule has 2 aromatic carbocycles. The molecule has 128 valence electrons. The number of nitrogens with two attached hydrogens (primary N) is 1. The SMILES string of the molecule is CC(C)S(=O)(=O)Nc1ccc(CNc2cccc(C(N)=O)c2)cc1. The molecule has 0 fully saturated rings. The monoisotopic (exact) mass is 347 g/mol. The van der Waals surface area contributed by atoms with Crippen molar-refractivity contribution < 1.29 is 13.2 Å². The van der Waals surface area contributed by atoms with Crippen molar-refractivity contribution in [3.8, 4) is 0 Å². The zero-order chi connectivity index (χ0) is 17.7. The number of benzene rings is 2. The Balaban J connectivity index is 2.00. The van der Waals surface area contributed by atoms with Crippen LogP contribution in [0, 0.1) is 0 Å². The molecule has 0 heterocycles. The van der Waals surface area contributed by atoms with Crippen molar-refractivity contribution in [3.05, 3.63) is 59.7 Å². The van der Waals surface area contributed by atoms with E-state index in [1.807, 2.05) is 18.2 Å². The third-order valence-electron chi connectivity index (χ3n) is 3.48. The molecule has 0 aliphatic carbocycles. The molecular formula is C17H21N3O3S. The van der Waals surface area contributed by atoms with Crippen LogP contribution < -0.4 is 15.8 Å². The lowest BCUT2D eigenvalue weighted by molar-refractivity contribution is 0.100. The second-order valence-electron chi connectivity index (χ2n) is 5.69. The van der Waals surface area contributed by atoms with Gasteiger partial charge < -0.3 is 11.1 Å². The van der Waals surface area contributed by atoms with Crippen LogP contribution in [0.4, 0.5) is 11.4 Å². The standard InChI is InChI=1S/C17H21N3O3S/c1-12(2)24(22,23)20-15-8-6-13(7-9-15)11-19-16-5-3-4-14(10-16)17(18)21/h3-10,12,19-20H,11H2,1-2H3,(H2,18,21). The third kappa shape index (κ3) is 4.73. The average molecular weight is 347 g/mol. The van der Waals surface area contributed by atoms with Crippen LogP contribution in [-0.4, -0.2) is 19.6 Å². The van der Waals surface area contributed by atoms with Crippen molar-refractivity contribution >= 4 is 27.3 Å². The van der Waals surface area contributed by atoms with Crippen LogP contribution in [0.25, 0.3) is 0 Å². The minimum atomic E-state index is -3.34. The van der Waals surface area contributed by atoms with Gasteiger partial charge in [-0.05, 0) is 49.7 Å². The highest BCUT2D eigenvalue weighted by Gasteiger charge is 2.15. The molecule has 0 unspecified atom stereocenters. The normalized spacial score (nSPS) is 11.3. The summed E-state index contributed by atoms with van der Waals surface area (Å²) in [5.41, 5.74) is 8.00. The number of primary amides is 1. The Morgan fingerprint density at radius 2 is 1.75 bits per heavy atom. The fourth-order valence-electron chi connectivity index (χ4n) is 1.96. The second kappa shape index (κ2) is 7.35. The number of anilines is 2. The fourth-order valence-corrected chi connectivity index (χ4v) is 2.66. The Kier molecular flexibility index (Phi) is 5.46. The minimum Gasteiger partial charge on any atom is -0.381 e. The summed E-state index contributed by atoms with van der Waals surface area (Å²) < 4.78 is 26.2. The first-order valence-corrected chi connectivity index (χ1v) is 9.07. The highest BCUT2D eigenvalue weighted by Crippen LogP contribution is 2.15. The predicted molar refractivity (Wildman–Crippen MR) is 96.4 cm³/mol. The van der Waals surface area contributed by atoms with E-state index in [1.165, 1.54) is 0 Å². The Morgan fingerprint density at radius 1 is 1.08 bits per heavy atom. The van der Waals surface area contributed by atoms with Gasteiger partial charge in [0.15, 0.2) is 0 Å². The summed E-state index contributed by atoms with van der Waals surface area (Å²) >= 11 is 0. The average Bonchev–Trinajstić information content (AvgIpc) is 2.54. The molecule has 0 spiro atoms. The third-order valence-corrected chi connectivity index (χ3v) is 5.24. The van der Waals surface area contributed by atoms with Gasteiger partial charge in [-0.15, -0.1) is 0 Å². The molecule has 7 heteroatoms. The molecule has 2 rings (SSSR count). The van der Waals surface area contributed by atoms with Gasteiger partial charge in [-0.25, -0.2) is 8.42 Å². The number of hydrogen-bond acceptors (Lipinski definition) is 4. The molecule has 0 aliphatic rings. The van der Waals surface area contributed by atoms with Gasteiger partial charge >= 0.3 is 0 Å². The van der Waals surface area contributed by atoms with E-state index in [1.54, 1.807) is 44.2 Å². The van der Waals surface area contributed by atoms with E-state index in [0.29, 0.717) is 17.8 Å². The molecular weight excluding hydrogens is 326 g/mol. The van der Waals surface area contributed by atoms with E-state index in [9.17, 15) is 13.2 Å². The molecule has 0 saturated heterocycles. The van der Waals surface area contributed by atoms with Crippen molar-refractivity contribution in [1.82, 2.24) is 0 Å². The zero-order valence-electron chi connectivity index (χ0n) is 13.6. The number of sulfonamides is 1. The Hall–Kier alpha value is -2.54. The lowest BCUT2D eigenvalue weighted by atomic mass is 10.1. The lowest BCUT2D eigenvalue weighted by Crippen LogP contribution is -2.22. The van der Waals surface area contributed by atoms with Crippen LogP contribution >= 0.6 is 0 Å². The predicted octanol–water partition coefficient (Wildman–Crippen LogP) is 2.55. The van der Waals surface area contributed by atoms with E-state index in [2.05, 4.69) is 10.0 Å². The summed E-state index contributed by atoms with van der Waals surface area (Å²) in [6, 6.07) is 14.1. The molecule has 0 aromatic heterocycles. The van der Waals surface area contributed by atoms with Crippen molar-refractivity contribution in [3.63, 3.8) is 0 Å². The van der Waals surface area contributed by atoms with Gasteiger partial charge in [-0.3, -0.25) is 9.52 Å². The minimum absolute atomic E-state index is 0.443. The summed E-state index contributed by atoms with van der Waals surface area (Å²) in [4.78, 5) is 11.2. The number of amides is 1. The fraction of sp³-hybridized carbons (Fsp3) is 0.235. The quantitative estimate of drug-likeness (QED) is 0.716. The maximum absolute atomic E-state index is 11.8. The molecule has 0 atom stereocenters. The van der Waals surface area contributed by atoms with E-state index >= 15 is 0 Å². The summed E-state index contributed by atoms with van der Waals surface area (Å²) in [7, 11) is -3.34. The largest absolute Gasteiger partial charge is 0.381 e. The van der Waals surface area contributed by atoms with Crippen molar-refractivity contribution in [2.45, 2.75) is 25.6 Å². The first-order chi connectivity index (χ1) is 11.3. The smallest absolute Gasteiger partial charge is 0.248 e. The number of hydrogen-bond donors (Lipinski definition) is 3. The van der Waals surface area contributed by atoms with Crippen molar-refractivity contribution in [2.75, 3.05) is 10.0 Å². The lowest BCUT2D eigenvalue weighted by Gasteiger charge is -2.12. The molecule has 4 N–H and O–H groups in total. The van der Waals surface area contributed by atoms with E-state index in [4.69, 9.17) is 5.73 Å². The topological polar surface area (TPSA) is 101 Å². The molecule has 2 aromatic rings. The Bertz CT molecular complexity index is 815. The van der Waals surface area contributed by atoms with Gasteiger partial charge in [-0.1, -0.05) is 18.2 Å². The van der Waals surface area contributed by atoms with Crippen LogP contribution in [0.15, 0.2) is 48.5 Å². The molecule has 1 amide bonds. The molecule has 0 bridgehead atoms. The van der Waals surface area contributed by atoms with Crippen LogP contribution in [0.1, 0.15) is 29.8 Å². The number of nitrogens with one attached hydrogen (secondary N) is 2. The maximum Gasteiger partial charge on any atom is 0.248 e. The summed E-state index contributed by atoms with van der Waals surface area (Å²) in [5.74, 6) is -0.472. The van der Waals surface area contributed by atoms with Gasteiger partial charge in [0.25, 0.3) is 0 Å². The summed E-state index contributed by atoms with van der Waals surface area (Å²) in [6.07, 6.45) is 0. The Morgan fingerprint density at radius 3 is 2.33 bits per heavy atom. The Labute approximate surface area is 142 Å². The van der Waals surface area contributed by atoms with Gasteiger partial charge in [0.2, 0.25) is 15.9 Å². The van der Waals surface area contributed by atoms with Crippen LogP contribution in [-0.2, 0) is 16.6 Å². The molecule has 0 saturated carbocycles. The van der Waals surface area contributed by atoms with Gasteiger partial charge in [0.1, 0.15) is 0 Å². The van der Waals surface area contributed by atoms with Crippen molar-refractivity contribution in [2.24, 2.45) is 5.73 Å². The van der Waals surface area contributed by atoms with E-state index in [-0.39, 0.29) is 0 Å². The maximum atomic E-state index is 11.8. The molecule has 0 aliphatic heterocycles. The molecule has 24 heavy (non-hydrogen) atoms. The van der Waals surface area contributed by atoms with Gasteiger partial charge in [0, 0.05) is 23.5 Å². The van der Waals surface area contributed by atoms with Crippen LogP contribution in [0.5, 0.6) is 0 Å². The summed E-state index contributed by atoms with van der Waals surface area (Å²) in [5, 5.41) is 2.71. The van der Waals surface area contributed by atoms with Gasteiger partial charge in [-0.2, -0.15) is 0 Å². The zero-order valence-corrected chi connectivity index (χ0v) is 14.4.